The van der Waals surface area contributed by atoms with Crippen LogP contribution in [0, 0.1) is 0 Å². The first-order chi connectivity index (χ1) is 15.1. The van der Waals surface area contributed by atoms with Crippen LogP contribution in [0.25, 0.3) is 0 Å². The first-order valence-electron chi connectivity index (χ1n) is 12.5. The van der Waals surface area contributed by atoms with Crippen LogP contribution in [0.3, 0.4) is 0 Å². The van der Waals surface area contributed by atoms with Gasteiger partial charge in [-0.2, -0.15) is 0 Å². The molecule has 8 nitrogen and oxygen atoms in total. The number of carboxylic acids is 1. The minimum Gasteiger partial charge on any atom is -0.477 e. The van der Waals surface area contributed by atoms with Crippen LogP contribution in [0.4, 0.5) is 0 Å². The number of likely N-dealkylation sites (N-methyl/N-ethyl adjacent to an activating group) is 1. The predicted molar refractivity (Wildman–Crippen MR) is 149 cm³/mol. The maximum absolute atomic E-state index is 12.3. The lowest BCUT2D eigenvalue weighted by Gasteiger charge is -2.43. The van der Waals surface area contributed by atoms with Gasteiger partial charge in [0.15, 0.2) is 31.5 Å². The highest BCUT2D eigenvalue weighted by molar-refractivity contribution is 6.90. The Bertz CT molecular complexity index is 602. The molecular weight excluding hydrogens is 501 g/mol. The largest absolute Gasteiger partial charge is 0.477 e. The third kappa shape index (κ3) is 18.9. The second kappa shape index (κ2) is 13.8. The summed E-state index contributed by atoms with van der Waals surface area (Å²) in [7, 11) is -4.66. The van der Waals surface area contributed by atoms with E-state index < -0.39 is 39.7 Å². The van der Waals surface area contributed by atoms with Gasteiger partial charge in [0, 0.05) is 19.0 Å². The molecule has 0 heterocycles. The summed E-state index contributed by atoms with van der Waals surface area (Å²) in [5, 5.41) is 12.0. The quantitative estimate of drug-likeness (QED) is 0.145. The number of hydrogen-bond acceptors (Lipinski definition) is 5. The van der Waals surface area contributed by atoms with Gasteiger partial charge in [0.1, 0.15) is 0 Å². The lowest BCUT2D eigenvalue weighted by Crippen LogP contribution is -2.60. The third-order valence-corrected chi connectivity index (χ3v) is 16.6. The molecule has 0 aliphatic rings. The maximum Gasteiger partial charge on any atom is 0.469 e. The summed E-state index contributed by atoms with van der Waals surface area (Å²) in [5.41, 5.74) is 0. The standard InChI is InChI=1S/C22H52N2O6Si4/c1-24(2,20-22(26)27)18-14-12-13-16-21(25)23-17-15-19-34(28-31(3,4)5,29-32(6,7)8)30-33(9,10)11/h12-20H2,1-11H3,(H-,23,25,26,27)/p+1. The van der Waals surface area contributed by atoms with Gasteiger partial charge >= 0.3 is 14.8 Å². The average Bonchev–Trinajstić information content (AvgIpc) is 2.52. The monoisotopic (exact) mass is 553 g/mol. The summed E-state index contributed by atoms with van der Waals surface area (Å²) >= 11 is 0. The summed E-state index contributed by atoms with van der Waals surface area (Å²) in [6.45, 7) is 21.1. The molecule has 0 spiro atoms. The smallest absolute Gasteiger partial charge is 0.469 e. The summed E-state index contributed by atoms with van der Waals surface area (Å²) in [4.78, 5) is 23.2. The van der Waals surface area contributed by atoms with Gasteiger partial charge in [0.25, 0.3) is 0 Å². The van der Waals surface area contributed by atoms with Crippen molar-refractivity contribution in [1.82, 2.24) is 5.32 Å². The Labute approximate surface area is 213 Å². The van der Waals surface area contributed by atoms with E-state index in [1.807, 2.05) is 14.1 Å². The van der Waals surface area contributed by atoms with Gasteiger partial charge < -0.3 is 27.3 Å². The van der Waals surface area contributed by atoms with Gasteiger partial charge in [0.2, 0.25) is 5.91 Å². The molecule has 202 valence electrons. The summed E-state index contributed by atoms with van der Waals surface area (Å²) in [5.74, 6) is -0.716. The Morgan fingerprint density at radius 3 is 1.65 bits per heavy atom. The molecule has 0 aliphatic carbocycles. The van der Waals surface area contributed by atoms with Gasteiger partial charge in [-0.1, -0.05) is 0 Å². The molecule has 0 aromatic rings. The van der Waals surface area contributed by atoms with Crippen LogP contribution in [0.15, 0.2) is 0 Å². The minimum absolute atomic E-state index is 0.0647. The number of carboxylic acid groups (broad SMARTS) is 1. The van der Waals surface area contributed by atoms with Crippen LogP contribution in [0.2, 0.25) is 65.0 Å². The van der Waals surface area contributed by atoms with Crippen molar-refractivity contribution in [3.8, 4) is 0 Å². The molecule has 34 heavy (non-hydrogen) atoms. The SMILES string of the molecule is C[N+](C)(CCCCCC(=O)NCCC[Si](O[Si](C)(C)C)(O[Si](C)(C)C)O[Si](C)(C)C)CC(=O)O. The average molecular weight is 554 g/mol. The van der Waals surface area contributed by atoms with E-state index in [2.05, 4.69) is 64.2 Å². The molecule has 1 amide bonds. The van der Waals surface area contributed by atoms with E-state index in [0.717, 1.165) is 38.3 Å². The molecule has 0 saturated carbocycles. The Kier molecular flexibility index (Phi) is 13.7. The molecule has 0 radical (unpaired) electrons. The fraction of sp³-hybridized carbons (Fsp3) is 0.909. The van der Waals surface area contributed by atoms with Crippen molar-refractivity contribution in [2.75, 3.05) is 33.7 Å². The first kappa shape index (κ1) is 33.6. The summed E-state index contributed by atoms with van der Waals surface area (Å²) in [6.07, 6.45) is 3.92. The van der Waals surface area contributed by atoms with Gasteiger partial charge in [-0.05, 0) is 84.6 Å². The highest BCUT2D eigenvalue weighted by Crippen LogP contribution is 2.29. The second-order valence-electron chi connectivity index (χ2n) is 12.8. The fourth-order valence-corrected chi connectivity index (χ4v) is 18.3. The highest BCUT2D eigenvalue weighted by atomic mass is 28.5. The molecule has 2 N–H and O–H groups in total. The molecule has 0 rings (SSSR count). The lowest BCUT2D eigenvalue weighted by molar-refractivity contribution is -0.883. The molecule has 0 saturated heterocycles. The molecule has 12 heteroatoms. The van der Waals surface area contributed by atoms with E-state index >= 15 is 0 Å². The van der Waals surface area contributed by atoms with Crippen molar-refractivity contribution < 1.29 is 31.5 Å². The fourth-order valence-electron chi connectivity index (χ4n) is 3.68. The first-order valence-corrected chi connectivity index (χ1v) is 24.7. The zero-order valence-corrected chi connectivity index (χ0v) is 27.8. The molecule has 0 aliphatic heterocycles. The second-order valence-corrected chi connectivity index (χ2v) is 29.8. The molecule has 0 atom stereocenters. The Morgan fingerprint density at radius 2 is 1.24 bits per heavy atom. The third-order valence-electron chi connectivity index (χ3n) is 4.60. The van der Waals surface area contributed by atoms with Crippen LogP contribution < -0.4 is 5.32 Å². The number of nitrogens with zero attached hydrogens (tertiary/aromatic N) is 1. The topological polar surface area (TPSA) is 94.1 Å². The number of unbranched alkanes of at least 4 members (excludes halogenated alkanes) is 2. The Morgan fingerprint density at radius 1 is 0.765 bits per heavy atom. The summed E-state index contributed by atoms with van der Waals surface area (Å²) in [6, 6.07) is 0.725. The minimum atomic E-state index is -2.85. The van der Waals surface area contributed by atoms with Crippen molar-refractivity contribution in [3.05, 3.63) is 0 Å². The number of aliphatic carboxylic acids is 1. The van der Waals surface area contributed by atoms with Crippen molar-refractivity contribution in [2.24, 2.45) is 0 Å². The van der Waals surface area contributed by atoms with Crippen LogP contribution >= 0.6 is 0 Å². The van der Waals surface area contributed by atoms with Crippen molar-refractivity contribution in [1.29, 1.82) is 0 Å². The number of nitrogens with one attached hydrogen (secondary N) is 1. The molecule has 0 fully saturated rings. The zero-order chi connectivity index (χ0) is 26.8. The van der Waals surface area contributed by atoms with Crippen LogP contribution in [0.1, 0.15) is 32.1 Å². The zero-order valence-electron chi connectivity index (χ0n) is 23.8. The molecule has 0 bridgehead atoms. The lowest BCUT2D eigenvalue weighted by atomic mass is 10.1. The number of quaternary nitrogens is 1. The van der Waals surface area contributed by atoms with Gasteiger partial charge in [0.05, 0.1) is 20.6 Å². The van der Waals surface area contributed by atoms with E-state index in [-0.39, 0.29) is 12.5 Å². The van der Waals surface area contributed by atoms with E-state index in [0.29, 0.717) is 17.4 Å². The van der Waals surface area contributed by atoms with Crippen LogP contribution in [0.5, 0.6) is 0 Å². The van der Waals surface area contributed by atoms with E-state index in [4.69, 9.17) is 17.5 Å². The Hall–Kier alpha value is -0.352. The number of hydrogen-bond donors (Lipinski definition) is 2. The Balaban J connectivity index is 4.68. The van der Waals surface area contributed by atoms with Crippen LogP contribution in [-0.4, -0.2) is 89.0 Å². The van der Waals surface area contributed by atoms with E-state index in [9.17, 15) is 9.59 Å². The van der Waals surface area contributed by atoms with Crippen molar-refractivity contribution in [3.63, 3.8) is 0 Å². The number of carbonyl (C=O) groups is 2. The van der Waals surface area contributed by atoms with Gasteiger partial charge in [-0.25, -0.2) is 4.79 Å². The number of amides is 1. The van der Waals surface area contributed by atoms with Crippen LogP contribution in [-0.2, 0) is 21.9 Å². The normalized spacial score (nSPS) is 13.7. The summed E-state index contributed by atoms with van der Waals surface area (Å²) < 4.78 is 20.5. The van der Waals surface area contributed by atoms with E-state index in [1.54, 1.807) is 0 Å². The van der Waals surface area contributed by atoms with E-state index in [1.165, 1.54) is 0 Å². The van der Waals surface area contributed by atoms with Gasteiger partial charge in [-0.3, -0.25) is 4.79 Å². The van der Waals surface area contributed by atoms with Gasteiger partial charge in [-0.15, -0.1) is 0 Å². The predicted octanol–water partition coefficient (Wildman–Crippen LogP) is 4.71. The molecule has 0 aromatic heterocycles. The highest BCUT2D eigenvalue weighted by Gasteiger charge is 2.49. The number of carbonyl (C=O) groups excluding carboxylic acids is 1. The maximum atomic E-state index is 12.3. The van der Waals surface area contributed by atoms with Crippen molar-refractivity contribution in [2.45, 2.75) is 97.1 Å². The number of rotatable bonds is 18. The van der Waals surface area contributed by atoms with Crippen molar-refractivity contribution >= 4 is 45.6 Å². The molecule has 0 unspecified atom stereocenters. The molecular formula is C22H53N2O6Si4+. The molecule has 0 aromatic carbocycles.